The average molecular weight is 356 g/mol. The summed E-state index contributed by atoms with van der Waals surface area (Å²) in [7, 11) is 0. The normalized spacial score (nSPS) is 19.7. The van der Waals surface area contributed by atoms with Crippen LogP contribution in [0, 0.1) is 5.92 Å². The van der Waals surface area contributed by atoms with Crippen molar-refractivity contribution in [3.8, 4) is 0 Å². The number of nitrogens with zero attached hydrogens (tertiary/aromatic N) is 1. The number of carbonyl (C=O) groups is 1. The molecule has 4 nitrogen and oxygen atoms in total. The maximum Gasteiger partial charge on any atom is 0.224 e. The predicted molar refractivity (Wildman–Crippen MR) is 98.3 cm³/mol. The first kappa shape index (κ1) is 19.7. The maximum absolute atomic E-state index is 12.1. The highest BCUT2D eigenvalue weighted by Gasteiger charge is 2.29. The quantitative estimate of drug-likeness (QED) is 0.885. The third-order valence-electron chi connectivity index (χ3n) is 4.32. The zero-order valence-electron chi connectivity index (χ0n) is 12.9. The third kappa shape index (κ3) is 4.56. The molecule has 2 aromatic rings. The summed E-state index contributed by atoms with van der Waals surface area (Å²) >= 11 is 0. The molecule has 1 saturated carbocycles. The number of fused-ring (bicyclic) bond motifs is 1. The summed E-state index contributed by atoms with van der Waals surface area (Å²) in [5, 5.41) is 4.16. The summed E-state index contributed by atoms with van der Waals surface area (Å²) in [6.45, 7) is 0.637. The Morgan fingerprint density at radius 1 is 1.22 bits per heavy atom. The van der Waals surface area contributed by atoms with E-state index in [4.69, 9.17) is 5.73 Å². The van der Waals surface area contributed by atoms with Crippen molar-refractivity contribution in [2.75, 3.05) is 6.54 Å². The average Bonchev–Trinajstić information content (AvgIpc) is 2.93. The number of pyridine rings is 1. The van der Waals surface area contributed by atoms with Crippen LogP contribution in [0.15, 0.2) is 36.5 Å². The molecule has 0 aliphatic heterocycles. The summed E-state index contributed by atoms with van der Waals surface area (Å²) in [6, 6.07) is 10.2. The molecule has 0 radical (unpaired) electrons. The Morgan fingerprint density at radius 3 is 2.74 bits per heavy atom. The number of rotatable bonds is 4. The van der Waals surface area contributed by atoms with E-state index in [-0.39, 0.29) is 42.7 Å². The molecule has 2 atom stereocenters. The molecule has 1 fully saturated rings. The smallest absolute Gasteiger partial charge is 0.224 e. The van der Waals surface area contributed by atoms with Gasteiger partial charge in [0.1, 0.15) is 0 Å². The van der Waals surface area contributed by atoms with E-state index in [0.717, 1.165) is 36.6 Å². The summed E-state index contributed by atoms with van der Waals surface area (Å²) in [4.78, 5) is 16.5. The van der Waals surface area contributed by atoms with Crippen LogP contribution in [0.1, 0.15) is 24.8 Å². The van der Waals surface area contributed by atoms with Gasteiger partial charge in [-0.2, -0.15) is 0 Å². The zero-order valence-corrected chi connectivity index (χ0v) is 14.5. The number of nitrogens with two attached hydrogens (primary N) is 1. The molecule has 3 N–H and O–H groups in total. The van der Waals surface area contributed by atoms with Crippen LogP contribution in [0.25, 0.3) is 10.9 Å². The summed E-state index contributed by atoms with van der Waals surface area (Å²) in [5.74, 6) is 0.101. The van der Waals surface area contributed by atoms with E-state index in [1.807, 2.05) is 18.3 Å². The van der Waals surface area contributed by atoms with Crippen molar-refractivity contribution in [3.05, 3.63) is 42.1 Å². The van der Waals surface area contributed by atoms with E-state index in [1.165, 1.54) is 5.56 Å². The lowest BCUT2D eigenvalue weighted by atomic mass is 10.0. The van der Waals surface area contributed by atoms with E-state index >= 15 is 0 Å². The van der Waals surface area contributed by atoms with E-state index in [1.54, 1.807) is 0 Å². The van der Waals surface area contributed by atoms with Gasteiger partial charge in [-0.1, -0.05) is 30.7 Å². The fourth-order valence-corrected chi connectivity index (χ4v) is 3.13. The van der Waals surface area contributed by atoms with Crippen molar-refractivity contribution < 1.29 is 4.79 Å². The molecule has 1 aromatic carbocycles. The number of para-hydroxylation sites is 1. The summed E-state index contributed by atoms with van der Waals surface area (Å²) in [6.07, 6.45) is 5.55. The SMILES string of the molecule is Cl.Cl.NC1CCCC1C(=O)NCCc1cccc2cccnc12. The van der Waals surface area contributed by atoms with E-state index in [9.17, 15) is 4.79 Å². The number of benzene rings is 1. The van der Waals surface area contributed by atoms with Gasteiger partial charge in [0, 0.05) is 24.2 Å². The lowest BCUT2D eigenvalue weighted by molar-refractivity contribution is -0.125. The highest BCUT2D eigenvalue weighted by atomic mass is 35.5. The molecule has 23 heavy (non-hydrogen) atoms. The Balaban J connectivity index is 0.00000132. The molecule has 1 aliphatic carbocycles. The molecule has 1 aromatic heterocycles. The number of carbonyl (C=O) groups excluding carboxylic acids is 1. The van der Waals surface area contributed by atoms with E-state index < -0.39 is 0 Å². The molecule has 126 valence electrons. The molecule has 0 bridgehead atoms. The number of nitrogens with one attached hydrogen (secondary N) is 1. The molecular formula is C17H23Cl2N3O. The van der Waals surface area contributed by atoms with Crippen molar-refractivity contribution in [2.45, 2.75) is 31.7 Å². The first-order valence-corrected chi connectivity index (χ1v) is 7.61. The predicted octanol–water partition coefficient (Wildman–Crippen LogP) is 2.86. The number of hydrogen-bond acceptors (Lipinski definition) is 3. The van der Waals surface area contributed by atoms with Gasteiger partial charge in [0.05, 0.1) is 11.4 Å². The Morgan fingerprint density at radius 2 is 2.00 bits per heavy atom. The van der Waals surface area contributed by atoms with Gasteiger partial charge in [0.2, 0.25) is 5.91 Å². The molecule has 2 unspecified atom stereocenters. The number of amides is 1. The number of halogens is 2. The lowest BCUT2D eigenvalue weighted by Crippen LogP contribution is -2.39. The van der Waals surface area contributed by atoms with Gasteiger partial charge in [-0.3, -0.25) is 9.78 Å². The molecule has 0 saturated heterocycles. The fraction of sp³-hybridized carbons (Fsp3) is 0.412. The highest BCUT2D eigenvalue weighted by molar-refractivity contribution is 5.85. The Kier molecular flexibility index (Phi) is 7.76. The Labute approximate surface area is 149 Å². The first-order valence-electron chi connectivity index (χ1n) is 7.61. The number of hydrogen-bond donors (Lipinski definition) is 2. The van der Waals surface area contributed by atoms with Crippen molar-refractivity contribution in [1.29, 1.82) is 0 Å². The second kappa shape index (κ2) is 9.06. The van der Waals surface area contributed by atoms with Crippen molar-refractivity contribution in [2.24, 2.45) is 11.7 Å². The molecule has 1 heterocycles. The van der Waals surface area contributed by atoms with Gasteiger partial charge in [-0.25, -0.2) is 0 Å². The standard InChI is InChI=1S/C17H21N3O.2ClH/c18-15-8-2-7-14(15)17(21)20-11-9-13-5-1-4-12-6-3-10-19-16(12)13;;/h1,3-6,10,14-15H,2,7-9,11,18H2,(H,20,21);2*1H. The van der Waals surface area contributed by atoms with Crippen molar-refractivity contribution >= 4 is 41.6 Å². The van der Waals surface area contributed by atoms with Gasteiger partial charge in [-0.15, -0.1) is 24.8 Å². The number of aromatic nitrogens is 1. The minimum absolute atomic E-state index is 0. The van der Waals surface area contributed by atoms with Crippen LogP contribution in [0.5, 0.6) is 0 Å². The second-order valence-corrected chi connectivity index (χ2v) is 5.73. The highest BCUT2D eigenvalue weighted by Crippen LogP contribution is 2.24. The first-order chi connectivity index (χ1) is 10.3. The summed E-state index contributed by atoms with van der Waals surface area (Å²) < 4.78 is 0. The van der Waals surface area contributed by atoms with Gasteiger partial charge >= 0.3 is 0 Å². The summed E-state index contributed by atoms with van der Waals surface area (Å²) in [5.41, 5.74) is 8.16. The molecule has 3 rings (SSSR count). The Bertz CT molecular complexity index is 645. The van der Waals surface area contributed by atoms with Crippen LogP contribution in [0.4, 0.5) is 0 Å². The van der Waals surface area contributed by atoms with Crippen LogP contribution < -0.4 is 11.1 Å². The zero-order chi connectivity index (χ0) is 14.7. The maximum atomic E-state index is 12.1. The van der Waals surface area contributed by atoms with E-state index in [2.05, 4.69) is 28.5 Å². The van der Waals surface area contributed by atoms with Crippen LogP contribution in [0.3, 0.4) is 0 Å². The van der Waals surface area contributed by atoms with Gasteiger partial charge in [-0.05, 0) is 30.9 Å². The molecule has 1 amide bonds. The topological polar surface area (TPSA) is 68.0 Å². The second-order valence-electron chi connectivity index (χ2n) is 5.73. The monoisotopic (exact) mass is 355 g/mol. The molecular weight excluding hydrogens is 333 g/mol. The third-order valence-corrected chi connectivity index (χ3v) is 4.32. The van der Waals surface area contributed by atoms with Crippen LogP contribution in [-0.2, 0) is 11.2 Å². The van der Waals surface area contributed by atoms with Gasteiger partial charge in [0.25, 0.3) is 0 Å². The Hall–Kier alpha value is -1.36. The molecule has 6 heteroatoms. The lowest BCUT2D eigenvalue weighted by Gasteiger charge is -2.15. The van der Waals surface area contributed by atoms with Gasteiger partial charge < -0.3 is 11.1 Å². The minimum atomic E-state index is -0.00403. The van der Waals surface area contributed by atoms with Crippen LogP contribution >= 0.6 is 24.8 Å². The fourth-order valence-electron chi connectivity index (χ4n) is 3.13. The van der Waals surface area contributed by atoms with Gasteiger partial charge in [0.15, 0.2) is 0 Å². The minimum Gasteiger partial charge on any atom is -0.355 e. The molecule has 0 spiro atoms. The largest absolute Gasteiger partial charge is 0.355 e. The van der Waals surface area contributed by atoms with Crippen LogP contribution in [-0.4, -0.2) is 23.5 Å². The van der Waals surface area contributed by atoms with E-state index in [0.29, 0.717) is 6.54 Å². The van der Waals surface area contributed by atoms with Crippen molar-refractivity contribution in [1.82, 2.24) is 10.3 Å². The van der Waals surface area contributed by atoms with Crippen molar-refractivity contribution in [3.63, 3.8) is 0 Å². The van der Waals surface area contributed by atoms with Crippen LogP contribution in [0.2, 0.25) is 0 Å². The molecule has 1 aliphatic rings.